The van der Waals surface area contributed by atoms with Gasteiger partial charge < -0.3 is 10.6 Å². The lowest BCUT2D eigenvalue weighted by Gasteiger charge is -2.11. The van der Waals surface area contributed by atoms with E-state index in [1.165, 1.54) is 0 Å². The number of hydrogen-bond donors (Lipinski definition) is 3. The molecule has 0 radical (unpaired) electrons. The zero-order valence-electron chi connectivity index (χ0n) is 9.31. The summed E-state index contributed by atoms with van der Waals surface area (Å²) in [4.78, 5) is 12.3. The van der Waals surface area contributed by atoms with E-state index in [0.29, 0.717) is 10.6 Å². The van der Waals surface area contributed by atoms with Gasteiger partial charge in [0.15, 0.2) is 0 Å². The Balaban J connectivity index is 2.05. The van der Waals surface area contributed by atoms with Crippen LogP contribution < -0.4 is 15.8 Å². The van der Waals surface area contributed by atoms with E-state index in [2.05, 4.69) is 10.6 Å². The van der Waals surface area contributed by atoms with Crippen LogP contribution in [-0.2, 0) is 15.8 Å². The first kappa shape index (κ1) is 12.2. The summed E-state index contributed by atoms with van der Waals surface area (Å²) in [7, 11) is -1.52. The minimum Gasteiger partial charge on any atom is -0.325 e. The third kappa shape index (κ3) is 3.12. The molecule has 1 aliphatic heterocycles. The van der Waals surface area contributed by atoms with Crippen LogP contribution in [0.15, 0.2) is 29.2 Å². The van der Waals surface area contributed by atoms with Crippen LogP contribution in [0.1, 0.15) is 12.8 Å². The third-order valence-corrected chi connectivity index (χ3v) is 3.43. The monoisotopic (exact) mass is 253 g/mol. The molecule has 1 aromatic rings. The molecule has 2 rings (SSSR count). The van der Waals surface area contributed by atoms with Gasteiger partial charge in [-0.1, -0.05) is 6.07 Å². The van der Waals surface area contributed by atoms with Gasteiger partial charge in [-0.3, -0.25) is 4.79 Å². The van der Waals surface area contributed by atoms with E-state index in [1.807, 2.05) is 0 Å². The highest BCUT2D eigenvalue weighted by Crippen LogP contribution is 2.14. The summed E-state index contributed by atoms with van der Waals surface area (Å²) in [6.45, 7) is 0.880. The van der Waals surface area contributed by atoms with E-state index in [-0.39, 0.29) is 11.9 Å². The van der Waals surface area contributed by atoms with Crippen molar-refractivity contribution in [3.05, 3.63) is 24.3 Å². The number of nitrogens with one attached hydrogen (secondary N) is 2. The molecule has 5 nitrogen and oxygen atoms in total. The Hall–Kier alpha value is -1.24. The Bertz CT molecular complexity index is 444. The quantitative estimate of drug-likeness (QED) is 0.727. The molecule has 0 bridgehead atoms. The zero-order valence-corrected chi connectivity index (χ0v) is 10.1. The molecule has 0 spiro atoms. The first-order chi connectivity index (χ1) is 8.16. The summed E-state index contributed by atoms with van der Waals surface area (Å²) >= 11 is 0. The van der Waals surface area contributed by atoms with Crippen LogP contribution in [0.2, 0.25) is 0 Å². The van der Waals surface area contributed by atoms with Crippen molar-refractivity contribution in [2.45, 2.75) is 23.8 Å². The SMILES string of the molecule is NS(=O)c1cccc(NC(=O)[C@@H]2CCCN2)c1. The molecule has 1 unspecified atom stereocenters. The average molecular weight is 253 g/mol. The van der Waals surface area contributed by atoms with Gasteiger partial charge in [0.2, 0.25) is 5.91 Å². The molecule has 17 heavy (non-hydrogen) atoms. The van der Waals surface area contributed by atoms with Gasteiger partial charge in [0.1, 0.15) is 11.0 Å². The second-order valence-electron chi connectivity index (χ2n) is 3.96. The summed E-state index contributed by atoms with van der Waals surface area (Å²) < 4.78 is 11.1. The van der Waals surface area contributed by atoms with Gasteiger partial charge in [0.25, 0.3) is 0 Å². The standard InChI is InChI=1S/C11H15N3O2S/c12-17(16)9-4-1-3-8(7-9)14-11(15)10-5-2-6-13-10/h1,3-4,7,10,13H,2,5-6,12H2,(H,14,15)/t10-,17?/m0/s1. The van der Waals surface area contributed by atoms with Crippen molar-refractivity contribution in [1.82, 2.24) is 5.32 Å². The molecule has 0 saturated carbocycles. The number of benzene rings is 1. The molecule has 1 heterocycles. The topological polar surface area (TPSA) is 84.2 Å². The minimum absolute atomic E-state index is 0.0533. The summed E-state index contributed by atoms with van der Waals surface area (Å²) in [6, 6.07) is 6.64. The Morgan fingerprint density at radius 1 is 1.53 bits per heavy atom. The van der Waals surface area contributed by atoms with E-state index in [0.717, 1.165) is 19.4 Å². The maximum atomic E-state index is 11.8. The van der Waals surface area contributed by atoms with Gasteiger partial charge in [0.05, 0.1) is 10.9 Å². The molecule has 1 amide bonds. The van der Waals surface area contributed by atoms with E-state index in [4.69, 9.17) is 5.14 Å². The summed E-state index contributed by atoms with van der Waals surface area (Å²) in [5.41, 5.74) is 0.625. The summed E-state index contributed by atoms with van der Waals surface area (Å²) in [5, 5.41) is 11.2. The van der Waals surface area contributed by atoms with Gasteiger partial charge in [-0.25, -0.2) is 9.35 Å². The molecule has 4 N–H and O–H groups in total. The molecule has 1 saturated heterocycles. The van der Waals surface area contributed by atoms with Crippen LogP contribution >= 0.6 is 0 Å². The molecule has 1 aliphatic rings. The smallest absolute Gasteiger partial charge is 0.241 e. The highest BCUT2D eigenvalue weighted by atomic mass is 32.2. The van der Waals surface area contributed by atoms with Crippen molar-refractivity contribution in [2.75, 3.05) is 11.9 Å². The van der Waals surface area contributed by atoms with Crippen LogP contribution in [0.5, 0.6) is 0 Å². The van der Waals surface area contributed by atoms with E-state index < -0.39 is 11.0 Å². The van der Waals surface area contributed by atoms with Crippen molar-refractivity contribution in [3.63, 3.8) is 0 Å². The fourth-order valence-electron chi connectivity index (χ4n) is 1.84. The number of carbonyl (C=O) groups excluding carboxylic acids is 1. The lowest BCUT2D eigenvalue weighted by atomic mass is 10.2. The number of amides is 1. The van der Waals surface area contributed by atoms with Crippen molar-refractivity contribution in [1.29, 1.82) is 0 Å². The zero-order chi connectivity index (χ0) is 12.3. The Labute approximate surface area is 102 Å². The van der Waals surface area contributed by atoms with Gasteiger partial charge in [0, 0.05) is 5.69 Å². The molecule has 92 valence electrons. The summed E-state index contributed by atoms with van der Waals surface area (Å²) in [6.07, 6.45) is 1.87. The van der Waals surface area contributed by atoms with Crippen LogP contribution in [-0.4, -0.2) is 22.7 Å². The van der Waals surface area contributed by atoms with Crippen molar-refractivity contribution < 1.29 is 9.00 Å². The summed E-state index contributed by atoms with van der Waals surface area (Å²) in [5.74, 6) is -0.0533. The van der Waals surface area contributed by atoms with Crippen LogP contribution in [0, 0.1) is 0 Å². The molecule has 6 heteroatoms. The van der Waals surface area contributed by atoms with E-state index in [1.54, 1.807) is 24.3 Å². The maximum absolute atomic E-state index is 11.8. The maximum Gasteiger partial charge on any atom is 0.241 e. The van der Waals surface area contributed by atoms with Crippen molar-refractivity contribution in [2.24, 2.45) is 5.14 Å². The van der Waals surface area contributed by atoms with Crippen molar-refractivity contribution >= 4 is 22.6 Å². The lowest BCUT2D eigenvalue weighted by molar-refractivity contribution is -0.117. The average Bonchev–Trinajstić information content (AvgIpc) is 2.82. The molecule has 0 aliphatic carbocycles. The van der Waals surface area contributed by atoms with Crippen LogP contribution in [0.4, 0.5) is 5.69 Å². The Morgan fingerprint density at radius 2 is 2.35 bits per heavy atom. The number of anilines is 1. The van der Waals surface area contributed by atoms with Gasteiger partial charge in [-0.2, -0.15) is 0 Å². The number of hydrogen-bond acceptors (Lipinski definition) is 3. The van der Waals surface area contributed by atoms with E-state index >= 15 is 0 Å². The molecular formula is C11H15N3O2S. The first-order valence-electron chi connectivity index (χ1n) is 5.47. The molecule has 1 aromatic carbocycles. The predicted molar refractivity (Wildman–Crippen MR) is 66.7 cm³/mol. The van der Waals surface area contributed by atoms with Crippen LogP contribution in [0.3, 0.4) is 0 Å². The van der Waals surface area contributed by atoms with E-state index in [9.17, 15) is 9.00 Å². The molecule has 0 aromatic heterocycles. The lowest BCUT2D eigenvalue weighted by Crippen LogP contribution is -2.35. The van der Waals surface area contributed by atoms with Gasteiger partial charge in [-0.05, 0) is 37.6 Å². The van der Waals surface area contributed by atoms with Crippen molar-refractivity contribution in [3.8, 4) is 0 Å². The highest BCUT2D eigenvalue weighted by Gasteiger charge is 2.21. The third-order valence-electron chi connectivity index (χ3n) is 2.71. The molecule has 1 fully saturated rings. The fourth-order valence-corrected chi connectivity index (χ4v) is 2.29. The number of nitrogens with two attached hydrogens (primary N) is 1. The predicted octanol–water partition coefficient (Wildman–Crippen LogP) is 0.358. The molecule has 2 atom stereocenters. The fraction of sp³-hybridized carbons (Fsp3) is 0.364. The highest BCUT2D eigenvalue weighted by molar-refractivity contribution is 7.82. The second kappa shape index (κ2) is 5.39. The van der Waals surface area contributed by atoms with Gasteiger partial charge >= 0.3 is 0 Å². The number of rotatable bonds is 3. The Morgan fingerprint density at radius 3 is 3.00 bits per heavy atom. The Kier molecular flexibility index (Phi) is 3.88. The van der Waals surface area contributed by atoms with Crippen LogP contribution in [0.25, 0.3) is 0 Å². The second-order valence-corrected chi connectivity index (χ2v) is 5.03. The first-order valence-corrected chi connectivity index (χ1v) is 6.68. The largest absolute Gasteiger partial charge is 0.325 e. The normalized spacial score (nSPS) is 21.1. The number of carbonyl (C=O) groups is 1. The van der Waals surface area contributed by atoms with Gasteiger partial charge in [-0.15, -0.1) is 0 Å². The molecular weight excluding hydrogens is 238 g/mol. The minimum atomic E-state index is -1.52.